The minimum absolute atomic E-state index is 0.280. The van der Waals surface area contributed by atoms with Crippen molar-refractivity contribution in [1.29, 1.82) is 0 Å². The Morgan fingerprint density at radius 3 is 0.693 bits per heavy atom. The molecule has 0 amide bonds. The SMILES string of the molecule is CC(=O)OC[C@H]1O[C@@H](O[C@H]2[C@H](OC(C)=O)[C@@H](OC(C)=O)[C@@H](O[C@H]3[C@H](OC(C)=O)[C@@H](OC(C)=O)[C@@H](O[C@H]4[C@H](OC(C)=O)[C@@H](OC(C)=O)[C@@H](O[C@H]5[C@H](OC(C)=O)[C@@H](OC(C)=O)C(Oc6ccc([N+](=O)[O-])c(Cl)c6)O[C@@H]5COC(C)=O)O[C@@H]4COC(C)=O)O[C@@H]3COC(C)=O)O[C@@H]2COC(C)=O)[C@H](OC(C)=O)[C@@H](OC(C)=O)[C@H]1OC(C)=O. The molecular formula is C68H86ClNO44. The molecule has 1 unspecified atom stereocenters. The summed E-state index contributed by atoms with van der Waals surface area (Å²) < 4.78 is 154. The fourth-order valence-electron chi connectivity index (χ4n) is 12.3. The zero-order valence-electron chi connectivity index (χ0n) is 64.0. The molecule has 0 saturated carbocycles. The molecule has 5 aliphatic heterocycles. The van der Waals surface area contributed by atoms with E-state index in [1.165, 1.54) is 0 Å². The van der Waals surface area contributed by atoms with E-state index >= 15 is 0 Å². The lowest BCUT2D eigenvalue weighted by Crippen LogP contribution is -2.70. The number of halogens is 1. The van der Waals surface area contributed by atoms with Crippen LogP contribution in [0.5, 0.6) is 5.75 Å². The molecule has 5 heterocycles. The minimum Gasteiger partial charge on any atom is -0.463 e. The molecule has 0 spiro atoms. The van der Waals surface area contributed by atoms with Gasteiger partial charge in [-0.2, -0.15) is 0 Å². The van der Waals surface area contributed by atoms with E-state index in [0.717, 1.165) is 129 Å². The van der Waals surface area contributed by atoms with Gasteiger partial charge in [0.2, 0.25) is 12.4 Å². The number of carbonyl (C=O) groups excluding carboxylic acids is 16. The molecule has 114 heavy (non-hydrogen) atoms. The molecular weight excluding hydrogens is 1570 g/mol. The van der Waals surface area contributed by atoms with Crippen molar-refractivity contribution in [2.24, 2.45) is 0 Å². The lowest BCUT2D eigenvalue weighted by molar-refractivity contribution is -0.392. The Hall–Kier alpha value is -10.1. The van der Waals surface area contributed by atoms with E-state index in [1.54, 1.807) is 0 Å². The molecule has 0 bridgehead atoms. The van der Waals surface area contributed by atoms with E-state index in [0.29, 0.717) is 0 Å². The Balaban J connectivity index is 1.53. The average Bonchev–Trinajstić information content (AvgIpc) is 0.748. The molecule has 5 fully saturated rings. The Morgan fingerprint density at radius 2 is 0.482 bits per heavy atom. The summed E-state index contributed by atoms with van der Waals surface area (Å²) >= 11 is 6.20. The van der Waals surface area contributed by atoms with Crippen molar-refractivity contribution in [2.45, 2.75) is 264 Å². The van der Waals surface area contributed by atoms with Crippen molar-refractivity contribution >= 4 is 113 Å². The Kier molecular flexibility index (Phi) is 34.4. The summed E-state index contributed by atoms with van der Waals surface area (Å²) in [5.74, 6) is -18.2. The van der Waals surface area contributed by atoms with Crippen LogP contribution in [0.1, 0.15) is 111 Å². The van der Waals surface area contributed by atoms with Gasteiger partial charge in [-0.15, -0.1) is 0 Å². The first kappa shape index (κ1) is 92.7. The highest BCUT2D eigenvalue weighted by Crippen LogP contribution is 2.42. The maximum absolute atomic E-state index is 13.7. The van der Waals surface area contributed by atoms with E-state index in [9.17, 15) is 86.8 Å². The first-order valence-corrected chi connectivity index (χ1v) is 34.9. The third-order valence-electron chi connectivity index (χ3n) is 16.1. The van der Waals surface area contributed by atoms with Gasteiger partial charge in [-0.1, -0.05) is 11.6 Å². The number of carbonyl (C=O) groups is 16. The molecule has 46 heteroatoms. The van der Waals surface area contributed by atoms with Crippen LogP contribution in [0, 0.1) is 10.1 Å². The maximum atomic E-state index is 13.7. The summed E-state index contributed by atoms with van der Waals surface area (Å²) in [7, 11) is 0. The lowest BCUT2D eigenvalue weighted by atomic mass is 9.94. The van der Waals surface area contributed by atoms with Crippen molar-refractivity contribution < 1.29 is 205 Å². The Morgan fingerprint density at radius 1 is 0.289 bits per heavy atom. The molecule has 0 N–H and O–H groups in total. The summed E-state index contributed by atoms with van der Waals surface area (Å²) in [6.07, 6.45) is -52.2. The summed E-state index contributed by atoms with van der Waals surface area (Å²) in [5, 5.41) is 11.2. The molecule has 1 aromatic rings. The Labute approximate surface area is 652 Å². The second-order valence-corrected chi connectivity index (χ2v) is 25.8. The summed E-state index contributed by atoms with van der Waals surface area (Å²) in [6, 6.07) is 2.99. The molecule has 45 nitrogen and oxygen atoms in total. The summed E-state index contributed by atoms with van der Waals surface area (Å²) in [4.78, 5) is 221. The second-order valence-electron chi connectivity index (χ2n) is 25.4. The zero-order valence-corrected chi connectivity index (χ0v) is 64.7. The van der Waals surface area contributed by atoms with E-state index < -0.39 is 298 Å². The summed E-state index contributed by atoms with van der Waals surface area (Å²) in [5.41, 5.74) is -0.573. The molecule has 6 rings (SSSR count). The molecule has 0 aromatic heterocycles. The molecule has 5 saturated heterocycles. The summed E-state index contributed by atoms with van der Waals surface area (Å²) in [6.45, 7) is 9.59. The molecule has 5 aliphatic rings. The van der Waals surface area contributed by atoms with Crippen LogP contribution in [-0.2, 0) is 195 Å². The molecule has 634 valence electrons. The number of nitro groups is 1. The normalized spacial score (nSPS) is 31.0. The van der Waals surface area contributed by atoms with Crippen LogP contribution in [0.4, 0.5) is 5.69 Å². The van der Waals surface area contributed by atoms with E-state index in [-0.39, 0.29) is 5.75 Å². The van der Waals surface area contributed by atoms with E-state index in [1.807, 2.05) is 0 Å². The monoisotopic (exact) mass is 1660 g/mol. The Bertz CT molecular complexity index is 3700. The topological polar surface area (TPSA) is 556 Å². The average molecular weight is 1660 g/mol. The smallest absolute Gasteiger partial charge is 0.303 e. The van der Waals surface area contributed by atoms with Gasteiger partial charge in [0, 0.05) is 123 Å². The van der Waals surface area contributed by atoms with Gasteiger partial charge in [-0.25, -0.2) is 0 Å². The standard InChI is InChI=1S/C68H86ClNO44/c1-25(71)89-20-44-49(94-30(6)76)54(95-31(7)77)60(101-37(13)83)65(107-44)112-51-46(22-91-27(3)73)109-67(62(103-39(15)85)56(51)97-33(9)79)114-53-48(24-93-29(5)75)110-68(63(104-40(16)86)58(53)99-35(11)81)113-52-47(23-92-28(4)74)108-66(61(102-38(14)84)57(52)98-34(10)80)111-50-45(21-90-26(2)72)106-64(59(100-36(12)82)55(50)96-32(8)78)105-41-17-18-43(70(87)88)42(69)19-41/h17-19,44-68H,20-24H2,1-16H3/t44-,45-,46-,47-,48-,49+,50-,51-,52-,53-,54+,55+,56+,57+,58+,59-,60-,61-,62-,63-,64?,65+,66-,67-,68-/m1/s1. The van der Waals surface area contributed by atoms with Crippen molar-refractivity contribution in [3.05, 3.63) is 33.3 Å². The zero-order chi connectivity index (χ0) is 85.0. The quantitative estimate of drug-likeness (QED) is 0.0392. The molecule has 0 radical (unpaired) electrons. The number of hydrogen-bond acceptors (Lipinski definition) is 44. The molecule has 1 aromatic carbocycles. The van der Waals surface area contributed by atoms with Crippen LogP contribution in [0.15, 0.2) is 18.2 Å². The van der Waals surface area contributed by atoms with Gasteiger partial charge in [0.05, 0.1) is 4.92 Å². The van der Waals surface area contributed by atoms with Gasteiger partial charge in [0.1, 0.15) is 98.7 Å². The fourth-order valence-corrected chi connectivity index (χ4v) is 12.5. The number of hydrogen-bond donors (Lipinski definition) is 0. The number of esters is 16. The van der Waals surface area contributed by atoms with E-state index in [4.69, 9.17) is 135 Å². The van der Waals surface area contributed by atoms with E-state index in [2.05, 4.69) is 0 Å². The highest BCUT2D eigenvalue weighted by atomic mass is 35.5. The first-order chi connectivity index (χ1) is 53.4. The van der Waals surface area contributed by atoms with Crippen LogP contribution in [0.2, 0.25) is 5.02 Å². The van der Waals surface area contributed by atoms with Crippen molar-refractivity contribution in [3.63, 3.8) is 0 Å². The highest BCUT2D eigenvalue weighted by Gasteiger charge is 2.63. The maximum Gasteiger partial charge on any atom is 0.303 e. The number of rotatable bonds is 32. The molecule has 25 atom stereocenters. The van der Waals surface area contributed by atoms with Crippen LogP contribution in [0.3, 0.4) is 0 Å². The van der Waals surface area contributed by atoms with Gasteiger partial charge in [-0.05, 0) is 6.07 Å². The van der Waals surface area contributed by atoms with Gasteiger partial charge < -0.3 is 123 Å². The number of benzene rings is 1. The van der Waals surface area contributed by atoms with Gasteiger partial charge in [0.25, 0.3) is 5.69 Å². The first-order valence-electron chi connectivity index (χ1n) is 34.5. The predicted molar refractivity (Wildman–Crippen MR) is 356 cm³/mol. The largest absolute Gasteiger partial charge is 0.463 e. The minimum atomic E-state index is -2.37. The van der Waals surface area contributed by atoms with Crippen LogP contribution >= 0.6 is 11.6 Å². The van der Waals surface area contributed by atoms with Crippen LogP contribution in [0.25, 0.3) is 0 Å². The fraction of sp³-hybridized carbons (Fsp3) is 0.676. The number of ether oxygens (including phenoxy) is 26. The van der Waals surface area contributed by atoms with Gasteiger partial charge >= 0.3 is 95.5 Å². The van der Waals surface area contributed by atoms with Crippen LogP contribution in [-0.4, -0.2) is 287 Å². The molecule has 0 aliphatic carbocycles. The van der Waals surface area contributed by atoms with Crippen molar-refractivity contribution in [1.82, 2.24) is 0 Å². The number of nitrogens with zero attached hydrogens (tertiary/aromatic N) is 1. The lowest BCUT2D eigenvalue weighted by Gasteiger charge is -2.51. The highest BCUT2D eigenvalue weighted by molar-refractivity contribution is 6.32. The predicted octanol–water partition coefficient (Wildman–Crippen LogP) is -0.143. The second kappa shape index (κ2) is 42.3. The van der Waals surface area contributed by atoms with Crippen molar-refractivity contribution in [3.8, 4) is 5.75 Å². The third kappa shape index (κ3) is 27.0. The van der Waals surface area contributed by atoms with Gasteiger partial charge in [0.15, 0.2) is 86.2 Å². The van der Waals surface area contributed by atoms with Crippen LogP contribution < -0.4 is 4.74 Å². The van der Waals surface area contributed by atoms with Crippen molar-refractivity contribution in [2.75, 3.05) is 33.0 Å². The van der Waals surface area contributed by atoms with Gasteiger partial charge in [-0.3, -0.25) is 86.8 Å². The number of nitro benzene ring substituents is 1. The third-order valence-corrected chi connectivity index (χ3v) is 16.4.